The van der Waals surface area contributed by atoms with Crippen LogP contribution in [0, 0.1) is 29.6 Å². The van der Waals surface area contributed by atoms with Gasteiger partial charge in [-0.2, -0.15) is 0 Å². The first-order valence-electron chi connectivity index (χ1n) is 16.9. The molecule has 12 nitrogen and oxygen atoms in total. The summed E-state index contributed by atoms with van der Waals surface area (Å²) in [6.45, 7) is 14.7. The smallest absolute Gasteiger partial charge is 0.462 e. The molecular formula is C38H44F2I2N2O10. The Morgan fingerprint density at radius 1 is 0.722 bits per heavy atom. The SMILES string of the molecule is CCOC(=O)c1cn([C@H](CO)C(C)(C)C)c2cc(F)c(I)cc2c1=O.CCOC(=O)c1cn([C@H](COC(=O)OC)C(C)(C)C)c2cc(F)c(I)cc2c1=O. The number of carbonyl (C=O) groups excluding carboxylic acids is 3. The van der Waals surface area contributed by atoms with Crippen LogP contribution in [-0.4, -0.2) is 65.9 Å². The Morgan fingerprint density at radius 3 is 1.44 bits per heavy atom. The van der Waals surface area contributed by atoms with Gasteiger partial charge in [-0.1, -0.05) is 41.5 Å². The van der Waals surface area contributed by atoms with E-state index in [4.69, 9.17) is 14.2 Å². The Morgan fingerprint density at radius 2 is 1.11 bits per heavy atom. The third-order valence-electron chi connectivity index (χ3n) is 8.51. The maximum atomic E-state index is 14.3. The second kappa shape index (κ2) is 18.3. The number of nitrogens with zero attached hydrogens (tertiary/aromatic N) is 2. The van der Waals surface area contributed by atoms with Crippen LogP contribution in [0.25, 0.3) is 21.8 Å². The zero-order valence-corrected chi connectivity index (χ0v) is 35.8. The van der Waals surface area contributed by atoms with E-state index >= 15 is 0 Å². The molecule has 1 N–H and O–H groups in total. The van der Waals surface area contributed by atoms with E-state index in [0.717, 1.165) is 0 Å². The lowest BCUT2D eigenvalue weighted by Gasteiger charge is -2.33. The molecule has 0 saturated carbocycles. The molecule has 0 saturated heterocycles. The number of aliphatic hydroxyl groups is 1. The second-order valence-electron chi connectivity index (χ2n) is 14.3. The monoisotopic (exact) mass is 980 g/mol. The van der Waals surface area contributed by atoms with Gasteiger partial charge < -0.3 is 33.2 Å². The van der Waals surface area contributed by atoms with Crippen molar-refractivity contribution in [1.29, 1.82) is 0 Å². The van der Waals surface area contributed by atoms with Gasteiger partial charge in [0.1, 0.15) is 29.4 Å². The summed E-state index contributed by atoms with van der Waals surface area (Å²) in [5, 5.41) is 10.3. The van der Waals surface area contributed by atoms with Crippen molar-refractivity contribution in [1.82, 2.24) is 9.13 Å². The van der Waals surface area contributed by atoms with E-state index in [1.807, 2.05) is 41.5 Å². The van der Waals surface area contributed by atoms with E-state index in [0.29, 0.717) is 5.52 Å². The number of hydrogen-bond acceptors (Lipinski definition) is 10. The van der Waals surface area contributed by atoms with Crippen molar-refractivity contribution in [2.24, 2.45) is 10.8 Å². The van der Waals surface area contributed by atoms with Gasteiger partial charge in [-0.15, -0.1) is 0 Å². The summed E-state index contributed by atoms with van der Waals surface area (Å²) < 4.78 is 51.9. The summed E-state index contributed by atoms with van der Waals surface area (Å²) in [6.07, 6.45) is 1.84. The van der Waals surface area contributed by atoms with E-state index in [1.54, 1.807) is 68.2 Å². The zero-order valence-electron chi connectivity index (χ0n) is 31.5. The molecule has 0 bridgehead atoms. The van der Waals surface area contributed by atoms with E-state index in [9.17, 15) is 37.9 Å². The normalized spacial score (nSPS) is 12.8. The van der Waals surface area contributed by atoms with Gasteiger partial charge in [-0.3, -0.25) is 9.59 Å². The molecule has 0 aliphatic heterocycles. The number of carbonyl (C=O) groups is 3. The van der Waals surface area contributed by atoms with Gasteiger partial charge in [0.25, 0.3) is 0 Å². The maximum Gasteiger partial charge on any atom is 0.508 e. The number of aliphatic hydroxyl groups excluding tert-OH is 1. The minimum Gasteiger partial charge on any atom is -0.462 e. The molecule has 0 fully saturated rings. The number of pyridine rings is 2. The standard InChI is InChI=1S/C20H23FINO6.C18H21FINO4/c1-6-28-18(25)12-9-23(16(20(2,3)4)10-29-19(26)27-5)15-8-13(21)14(22)7-11(15)17(12)24;1-5-25-17(24)11-8-21(15(9-22)18(2,3)4)14-7-12(19)13(20)6-10(14)16(11)23/h7-9,16H,6,10H2,1-5H3;6-8,15,22H,5,9H2,1-4H3/t16-;15-/m11/s1. The number of fused-ring (bicyclic) bond motifs is 2. The Bertz CT molecular complexity index is 2170. The number of ether oxygens (including phenoxy) is 4. The Hall–Kier alpha value is -3.65. The molecule has 2 aromatic heterocycles. The molecule has 0 unspecified atom stereocenters. The molecule has 16 heteroatoms. The summed E-state index contributed by atoms with van der Waals surface area (Å²) in [6, 6.07) is 4.34. The minimum absolute atomic E-state index is 0.103. The van der Waals surface area contributed by atoms with Crippen LogP contribution in [-0.2, 0) is 18.9 Å². The summed E-state index contributed by atoms with van der Waals surface area (Å²) in [5.41, 5.74) is -1.60. The number of aromatic nitrogens is 2. The largest absolute Gasteiger partial charge is 0.508 e. The lowest BCUT2D eigenvalue weighted by molar-refractivity contribution is 0.0433. The van der Waals surface area contributed by atoms with Crippen molar-refractivity contribution in [2.45, 2.75) is 67.5 Å². The Balaban J connectivity index is 0.000000294. The van der Waals surface area contributed by atoms with Crippen LogP contribution in [0.5, 0.6) is 0 Å². The van der Waals surface area contributed by atoms with Crippen LogP contribution in [0.3, 0.4) is 0 Å². The maximum absolute atomic E-state index is 14.3. The summed E-state index contributed by atoms with van der Waals surface area (Å²) in [7, 11) is 1.19. The highest BCUT2D eigenvalue weighted by Crippen LogP contribution is 2.35. The number of esters is 2. The molecule has 0 spiro atoms. The van der Waals surface area contributed by atoms with Crippen LogP contribution in [0.2, 0.25) is 0 Å². The first-order chi connectivity index (χ1) is 25.1. The van der Waals surface area contributed by atoms with Crippen molar-refractivity contribution < 1.29 is 47.2 Å². The highest BCUT2D eigenvalue weighted by Gasteiger charge is 2.32. The van der Waals surface area contributed by atoms with Crippen molar-refractivity contribution in [3.05, 3.63) is 87.0 Å². The summed E-state index contributed by atoms with van der Waals surface area (Å²) in [5.74, 6) is -2.46. The van der Waals surface area contributed by atoms with Gasteiger partial charge in [-0.25, -0.2) is 23.2 Å². The number of hydrogen-bond donors (Lipinski definition) is 1. The number of methoxy groups -OCH3 is 1. The molecule has 0 aliphatic carbocycles. The van der Waals surface area contributed by atoms with E-state index in [1.165, 1.54) is 43.8 Å². The van der Waals surface area contributed by atoms with E-state index in [-0.39, 0.29) is 66.4 Å². The third kappa shape index (κ3) is 10.1. The van der Waals surface area contributed by atoms with Crippen LogP contribution >= 0.6 is 45.2 Å². The first-order valence-corrected chi connectivity index (χ1v) is 19.0. The first kappa shape index (κ1) is 44.7. The van der Waals surface area contributed by atoms with Crippen molar-refractivity contribution in [2.75, 3.05) is 33.5 Å². The fourth-order valence-corrected chi connectivity index (χ4v) is 6.58. The van der Waals surface area contributed by atoms with Gasteiger partial charge in [-0.05, 0) is 94.1 Å². The summed E-state index contributed by atoms with van der Waals surface area (Å²) in [4.78, 5) is 61.7. The van der Waals surface area contributed by atoms with Crippen molar-refractivity contribution in [3.8, 4) is 0 Å². The third-order valence-corrected chi connectivity index (χ3v) is 10.2. The average molecular weight is 981 g/mol. The molecule has 54 heavy (non-hydrogen) atoms. The molecule has 4 aromatic rings. The summed E-state index contributed by atoms with van der Waals surface area (Å²) >= 11 is 3.59. The quantitative estimate of drug-likeness (QED) is 0.100. The molecule has 0 radical (unpaired) electrons. The van der Waals surface area contributed by atoms with E-state index < -0.39 is 58.1 Å². The molecule has 2 aromatic carbocycles. The Kier molecular flexibility index (Phi) is 15.2. The van der Waals surface area contributed by atoms with Crippen molar-refractivity contribution >= 4 is 85.1 Å². The molecular weight excluding hydrogens is 936 g/mol. The van der Waals surface area contributed by atoms with Crippen molar-refractivity contribution in [3.63, 3.8) is 0 Å². The second-order valence-corrected chi connectivity index (χ2v) is 16.6. The van der Waals surface area contributed by atoms with Crippen LogP contribution in [0.15, 0.2) is 46.2 Å². The molecule has 294 valence electrons. The minimum atomic E-state index is -0.865. The van der Waals surface area contributed by atoms with Crippen LogP contribution in [0.1, 0.15) is 88.2 Å². The predicted octanol–water partition coefficient (Wildman–Crippen LogP) is 7.79. The highest BCUT2D eigenvalue weighted by atomic mass is 127. The molecule has 2 heterocycles. The fourth-order valence-electron chi connectivity index (χ4n) is 5.65. The molecule has 2 atom stereocenters. The van der Waals surface area contributed by atoms with Gasteiger partial charge in [0, 0.05) is 30.3 Å². The van der Waals surface area contributed by atoms with Gasteiger partial charge in [0.15, 0.2) is 0 Å². The van der Waals surface area contributed by atoms with Crippen LogP contribution < -0.4 is 10.9 Å². The zero-order chi connectivity index (χ0) is 40.9. The van der Waals surface area contributed by atoms with Gasteiger partial charge in [0.05, 0.1) is 50.0 Å². The number of benzene rings is 2. The number of halogens is 4. The lowest BCUT2D eigenvalue weighted by atomic mass is 9.86. The topological polar surface area (TPSA) is 152 Å². The van der Waals surface area contributed by atoms with Crippen LogP contribution in [0.4, 0.5) is 13.6 Å². The molecule has 0 amide bonds. The fraction of sp³-hybridized carbons (Fsp3) is 0.447. The molecule has 4 rings (SSSR count). The average Bonchev–Trinajstić information content (AvgIpc) is 3.08. The van der Waals surface area contributed by atoms with Gasteiger partial charge >= 0.3 is 18.1 Å². The Labute approximate surface area is 338 Å². The number of rotatable bonds is 9. The predicted molar refractivity (Wildman–Crippen MR) is 216 cm³/mol. The molecule has 0 aliphatic rings. The van der Waals surface area contributed by atoms with E-state index in [2.05, 4.69) is 4.74 Å². The highest BCUT2D eigenvalue weighted by molar-refractivity contribution is 14.1. The van der Waals surface area contributed by atoms with Gasteiger partial charge in [0.2, 0.25) is 10.9 Å². The lowest BCUT2D eigenvalue weighted by Crippen LogP contribution is -2.32.